The van der Waals surface area contributed by atoms with Crippen molar-refractivity contribution in [3.8, 4) is 5.75 Å². The number of amides is 3. The van der Waals surface area contributed by atoms with Gasteiger partial charge in [0.25, 0.3) is 5.91 Å². The number of carbonyl (C=O) groups excluding carboxylic acids is 3. The number of anilines is 2. The molecule has 9 nitrogen and oxygen atoms in total. The normalized spacial score (nSPS) is 15.2. The topological polar surface area (TPSA) is 114 Å². The number of ether oxygens (including phenoxy) is 1. The summed E-state index contributed by atoms with van der Waals surface area (Å²) in [6.07, 6.45) is 1.45. The molecule has 10 heteroatoms. The molecule has 1 unspecified atom stereocenters. The van der Waals surface area contributed by atoms with Crippen molar-refractivity contribution < 1.29 is 19.1 Å². The number of rotatable bonds is 9. The predicted molar refractivity (Wildman–Crippen MR) is 134 cm³/mol. The van der Waals surface area contributed by atoms with E-state index in [1.165, 1.54) is 11.3 Å². The zero-order valence-corrected chi connectivity index (χ0v) is 20.4. The lowest BCUT2D eigenvalue weighted by Crippen LogP contribution is -2.28. The van der Waals surface area contributed by atoms with Gasteiger partial charge in [-0.3, -0.25) is 14.4 Å². The van der Waals surface area contributed by atoms with Crippen molar-refractivity contribution in [2.75, 3.05) is 30.4 Å². The van der Waals surface area contributed by atoms with Gasteiger partial charge >= 0.3 is 0 Å². The van der Waals surface area contributed by atoms with E-state index in [1.807, 2.05) is 31.2 Å². The second-order valence-corrected chi connectivity index (χ2v) is 9.18. The van der Waals surface area contributed by atoms with Gasteiger partial charge in [-0.15, -0.1) is 10.2 Å². The van der Waals surface area contributed by atoms with Gasteiger partial charge in [0.05, 0.1) is 13.0 Å². The molecule has 1 atom stereocenters. The third-order valence-corrected chi connectivity index (χ3v) is 6.71. The second-order valence-electron chi connectivity index (χ2n) is 8.12. The number of nitrogens with one attached hydrogen (secondary N) is 2. The van der Waals surface area contributed by atoms with Gasteiger partial charge in [-0.1, -0.05) is 42.5 Å². The first kappa shape index (κ1) is 24.3. The third-order valence-electron chi connectivity index (χ3n) is 5.81. The minimum atomic E-state index is -0.457. The lowest BCUT2D eigenvalue weighted by molar-refractivity contribution is -0.122. The number of hydrogen-bond donors (Lipinski definition) is 2. The Morgan fingerprint density at radius 2 is 2.00 bits per heavy atom. The number of methoxy groups -OCH3 is 1. The standard InChI is InChI=1S/C25H27N5O4S/c1-3-16-7-4-5-10-20(16)30-15-18(14-22(30)31)24(33)27-25-29-28-21(35-25)11-12-26-23(32)17-8-6-9-19(13-17)34-2/h4-10,13,18H,3,11-12,14-15H2,1-2H3,(H,26,32)(H,27,29,33). The van der Waals surface area contributed by atoms with Crippen LogP contribution in [0.25, 0.3) is 0 Å². The minimum absolute atomic E-state index is 0.0595. The zero-order chi connectivity index (χ0) is 24.8. The number of hydrogen-bond acceptors (Lipinski definition) is 7. The Kier molecular flexibility index (Phi) is 7.71. The Balaban J connectivity index is 1.28. The predicted octanol–water partition coefficient (Wildman–Crippen LogP) is 3.07. The lowest BCUT2D eigenvalue weighted by atomic mass is 10.1. The Morgan fingerprint density at radius 1 is 1.17 bits per heavy atom. The highest BCUT2D eigenvalue weighted by atomic mass is 32.1. The summed E-state index contributed by atoms with van der Waals surface area (Å²) in [5.74, 6) is -0.354. The summed E-state index contributed by atoms with van der Waals surface area (Å²) >= 11 is 1.25. The number of aromatic nitrogens is 2. The maximum absolute atomic E-state index is 12.8. The number of aryl methyl sites for hydroxylation is 1. The fourth-order valence-electron chi connectivity index (χ4n) is 3.95. The van der Waals surface area contributed by atoms with Crippen molar-refractivity contribution in [2.24, 2.45) is 5.92 Å². The molecule has 0 radical (unpaired) electrons. The molecule has 2 N–H and O–H groups in total. The summed E-state index contributed by atoms with van der Waals surface area (Å²) < 4.78 is 5.14. The number of nitrogens with zero attached hydrogens (tertiary/aromatic N) is 3. The van der Waals surface area contributed by atoms with Crippen LogP contribution in [0.2, 0.25) is 0 Å². The largest absolute Gasteiger partial charge is 0.497 e. The smallest absolute Gasteiger partial charge is 0.251 e. The van der Waals surface area contributed by atoms with E-state index in [0.29, 0.717) is 41.0 Å². The molecule has 1 fully saturated rings. The molecule has 3 amide bonds. The fraction of sp³-hybridized carbons (Fsp3) is 0.320. The van der Waals surface area contributed by atoms with Crippen molar-refractivity contribution in [2.45, 2.75) is 26.2 Å². The van der Waals surface area contributed by atoms with E-state index in [2.05, 4.69) is 20.8 Å². The highest BCUT2D eigenvalue weighted by Gasteiger charge is 2.36. The van der Waals surface area contributed by atoms with Crippen LogP contribution < -0.4 is 20.3 Å². The van der Waals surface area contributed by atoms with Gasteiger partial charge in [-0.25, -0.2) is 0 Å². The van der Waals surface area contributed by atoms with Gasteiger partial charge in [-0.05, 0) is 36.2 Å². The second kappa shape index (κ2) is 11.1. The Morgan fingerprint density at radius 3 is 2.80 bits per heavy atom. The maximum atomic E-state index is 12.8. The summed E-state index contributed by atoms with van der Waals surface area (Å²) in [5, 5.41) is 14.8. The van der Waals surface area contributed by atoms with Crippen molar-refractivity contribution in [3.63, 3.8) is 0 Å². The molecule has 0 aliphatic carbocycles. The average molecular weight is 494 g/mol. The van der Waals surface area contributed by atoms with E-state index in [-0.39, 0.29) is 24.1 Å². The molecule has 1 aliphatic heterocycles. The van der Waals surface area contributed by atoms with Crippen molar-refractivity contribution in [1.29, 1.82) is 0 Å². The molecule has 2 heterocycles. The molecule has 35 heavy (non-hydrogen) atoms. The third kappa shape index (κ3) is 5.83. The van der Waals surface area contributed by atoms with Crippen molar-refractivity contribution in [1.82, 2.24) is 15.5 Å². The summed E-state index contributed by atoms with van der Waals surface area (Å²) in [6, 6.07) is 14.7. The molecular weight excluding hydrogens is 466 g/mol. The Labute approximate surface area is 207 Å². The number of benzene rings is 2. The van der Waals surface area contributed by atoms with Crippen LogP contribution >= 0.6 is 11.3 Å². The van der Waals surface area contributed by atoms with Gasteiger partial charge in [-0.2, -0.15) is 0 Å². The van der Waals surface area contributed by atoms with Gasteiger partial charge < -0.3 is 20.3 Å². The molecule has 1 saturated heterocycles. The summed E-state index contributed by atoms with van der Waals surface area (Å²) in [4.78, 5) is 39.4. The zero-order valence-electron chi connectivity index (χ0n) is 19.6. The molecular formula is C25H27N5O4S. The van der Waals surface area contributed by atoms with E-state index in [0.717, 1.165) is 17.7 Å². The Hall–Kier alpha value is -3.79. The summed E-state index contributed by atoms with van der Waals surface area (Å²) in [6.45, 7) is 2.76. The first-order valence-corrected chi connectivity index (χ1v) is 12.2. The van der Waals surface area contributed by atoms with Crippen molar-refractivity contribution in [3.05, 3.63) is 64.7 Å². The summed E-state index contributed by atoms with van der Waals surface area (Å²) in [5.41, 5.74) is 2.45. The molecule has 182 valence electrons. The highest BCUT2D eigenvalue weighted by molar-refractivity contribution is 7.15. The average Bonchev–Trinajstić information content (AvgIpc) is 3.50. The van der Waals surface area contributed by atoms with Crippen LogP contribution in [0.3, 0.4) is 0 Å². The van der Waals surface area contributed by atoms with Crippen LogP contribution in [0.1, 0.15) is 34.3 Å². The number of para-hydroxylation sites is 1. The van der Waals surface area contributed by atoms with Crippen LogP contribution in [0.15, 0.2) is 48.5 Å². The molecule has 0 spiro atoms. The molecule has 1 aliphatic rings. The van der Waals surface area contributed by atoms with Gasteiger partial charge in [0.1, 0.15) is 10.8 Å². The van der Waals surface area contributed by atoms with Crippen LogP contribution in [0, 0.1) is 5.92 Å². The van der Waals surface area contributed by atoms with E-state index in [9.17, 15) is 14.4 Å². The fourth-order valence-corrected chi connectivity index (χ4v) is 4.69. The van der Waals surface area contributed by atoms with E-state index >= 15 is 0 Å². The molecule has 1 aromatic heterocycles. The molecule has 3 aromatic rings. The quantitative estimate of drug-likeness (QED) is 0.474. The van der Waals surface area contributed by atoms with E-state index in [4.69, 9.17) is 4.74 Å². The highest BCUT2D eigenvalue weighted by Crippen LogP contribution is 2.29. The first-order chi connectivity index (χ1) is 17.0. The van der Waals surface area contributed by atoms with Crippen LogP contribution in [-0.4, -0.2) is 48.1 Å². The lowest BCUT2D eigenvalue weighted by Gasteiger charge is -2.19. The van der Waals surface area contributed by atoms with Gasteiger partial charge in [0, 0.05) is 37.2 Å². The monoisotopic (exact) mass is 493 g/mol. The van der Waals surface area contributed by atoms with Gasteiger partial charge in [0.2, 0.25) is 16.9 Å². The van der Waals surface area contributed by atoms with E-state index < -0.39 is 5.92 Å². The maximum Gasteiger partial charge on any atom is 0.251 e. The summed E-state index contributed by atoms with van der Waals surface area (Å²) in [7, 11) is 1.55. The minimum Gasteiger partial charge on any atom is -0.497 e. The van der Waals surface area contributed by atoms with Gasteiger partial charge in [0.15, 0.2) is 0 Å². The van der Waals surface area contributed by atoms with Crippen LogP contribution in [0.5, 0.6) is 5.75 Å². The molecule has 2 aromatic carbocycles. The van der Waals surface area contributed by atoms with Crippen molar-refractivity contribution >= 4 is 39.9 Å². The molecule has 4 rings (SSSR count). The van der Waals surface area contributed by atoms with E-state index in [1.54, 1.807) is 36.3 Å². The number of carbonyl (C=O) groups is 3. The first-order valence-electron chi connectivity index (χ1n) is 11.4. The van der Waals surface area contributed by atoms with Crippen LogP contribution in [0.4, 0.5) is 10.8 Å². The molecule has 0 bridgehead atoms. The van der Waals surface area contributed by atoms with Crippen LogP contribution in [-0.2, 0) is 22.4 Å². The molecule has 0 saturated carbocycles. The Bertz CT molecular complexity index is 1230. The SMILES string of the molecule is CCc1ccccc1N1CC(C(=O)Nc2nnc(CCNC(=O)c3cccc(OC)c3)s2)CC1=O.